The summed E-state index contributed by atoms with van der Waals surface area (Å²) in [6, 6.07) is 1.91. The molecule has 84 valence electrons. The number of carboxylic acid groups (broad SMARTS) is 1. The predicted molar refractivity (Wildman–Crippen MR) is 61.0 cm³/mol. The van der Waals surface area contributed by atoms with Crippen molar-refractivity contribution >= 4 is 23.0 Å². The zero-order valence-corrected chi connectivity index (χ0v) is 9.87. The Kier molecular flexibility index (Phi) is 4.11. The van der Waals surface area contributed by atoms with E-state index in [9.17, 15) is 4.79 Å². The van der Waals surface area contributed by atoms with Gasteiger partial charge < -0.3 is 14.7 Å². The average molecular weight is 229 g/mol. The number of ether oxygens (including phenoxy) is 1. The van der Waals surface area contributed by atoms with Crippen molar-refractivity contribution in [2.24, 2.45) is 0 Å². The van der Waals surface area contributed by atoms with E-state index in [1.807, 2.05) is 24.3 Å². The van der Waals surface area contributed by atoms with E-state index in [2.05, 4.69) is 0 Å². The maximum absolute atomic E-state index is 10.7. The van der Waals surface area contributed by atoms with Crippen molar-refractivity contribution in [3.8, 4) is 0 Å². The molecule has 0 saturated heterocycles. The fourth-order valence-electron chi connectivity index (χ4n) is 1.23. The zero-order valence-electron chi connectivity index (χ0n) is 9.06. The Balaban J connectivity index is 2.73. The van der Waals surface area contributed by atoms with Crippen LogP contribution in [0.1, 0.15) is 16.6 Å². The summed E-state index contributed by atoms with van der Waals surface area (Å²) >= 11 is 1.24. The molecular formula is C10H15NO3S. The molecule has 1 aromatic heterocycles. The monoisotopic (exact) mass is 229 g/mol. The molecule has 4 nitrogen and oxygen atoms in total. The molecule has 1 heterocycles. The Bertz CT molecular complexity index is 337. The Labute approximate surface area is 93.1 Å². The number of carbonyl (C=O) groups is 1. The molecule has 0 bridgehead atoms. The number of likely N-dealkylation sites (N-methyl/N-ethyl adjacent to an activating group) is 1. The average Bonchev–Trinajstić information content (AvgIpc) is 2.65. The van der Waals surface area contributed by atoms with E-state index in [4.69, 9.17) is 9.84 Å². The van der Waals surface area contributed by atoms with Crippen LogP contribution in [0.15, 0.2) is 11.4 Å². The normalized spacial score (nSPS) is 12.5. The number of carboxylic acids is 1. The van der Waals surface area contributed by atoms with E-state index in [1.165, 1.54) is 11.3 Å². The van der Waals surface area contributed by atoms with Crippen molar-refractivity contribution in [1.82, 2.24) is 0 Å². The van der Waals surface area contributed by atoms with Crippen LogP contribution in [-0.4, -0.2) is 37.9 Å². The van der Waals surface area contributed by atoms with Crippen LogP contribution in [0.3, 0.4) is 0 Å². The standard InChI is InChI=1S/C10H15NO3S/c1-7(5-14-3)11(2)8-4-9(10(12)13)15-6-8/h4,6-7H,5H2,1-3H3,(H,12,13). The maximum Gasteiger partial charge on any atom is 0.345 e. The van der Waals surface area contributed by atoms with Gasteiger partial charge in [0.15, 0.2) is 0 Å². The lowest BCUT2D eigenvalue weighted by Crippen LogP contribution is -2.32. The van der Waals surface area contributed by atoms with Crippen molar-refractivity contribution in [3.05, 3.63) is 16.3 Å². The molecule has 0 aliphatic rings. The molecule has 0 radical (unpaired) electrons. The first-order valence-corrected chi connectivity index (χ1v) is 5.47. The molecule has 0 amide bonds. The minimum Gasteiger partial charge on any atom is -0.477 e. The van der Waals surface area contributed by atoms with Crippen molar-refractivity contribution in [1.29, 1.82) is 0 Å². The van der Waals surface area contributed by atoms with E-state index in [1.54, 1.807) is 13.2 Å². The van der Waals surface area contributed by atoms with Crippen LogP contribution in [0, 0.1) is 0 Å². The smallest absolute Gasteiger partial charge is 0.345 e. The van der Waals surface area contributed by atoms with Gasteiger partial charge >= 0.3 is 5.97 Å². The summed E-state index contributed by atoms with van der Waals surface area (Å²) < 4.78 is 5.05. The fraction of sp³-hybridized carbons (Fsp3) is 0.500. The van der Waals surface area contributed by atoms with Crippen LogP contribution in [0.4, 0.5) is 5.69 Å². The third-order valence-electron chi connectivity index (χ3n) is 2.27. The van der Waals surface area contributed by atoms with Gasteiger partial charge in [0.05, 0.1) is 6.61 Å². The van der Waals surface area contributed by atoms with Crippen LogP contribution in [0.5, 0.6) is 0 Å². The second-order valence-corrected chi connectivity index (χ2v) is 4.30. The quantitative estimate of drug-likeness (QED) is 0.838. The molecular weight excluding hydrogens is 214 g/mol. The molecule has 15 heavy (non-hydrogen) atoms. The Morgan fingerprint density at radius 1 is 1.73 bits per heavy atom. The number of nitrogens with zero attached hydrogens (tertiary/aromatic N) is 1. The molecule has 0 fully saturated rings. The van der Waals surface area contributed by atoms with Crippen molar-refractivity contribution in [3.63, 3.8) is 0 Å². The fourth-order valence-corrected chi connectivity index (χ4v) is 2.00. The van der Waals surface area contributed by atoms with Gasteiger partial charge in [0.25, 0.3) is 0 Å². The summed E-state index contributed by atoms with van der Waals surface area (Å²) in [4.78, 5) is 13.1. The molecule has 1 unspecified atom stereocenters. The van der Waals surface area contributed by atoms with Crippen LogP contribution < -0.4 is 4.90 Å². The molecule has 1 N–H and O–H groups in total. The van der Waals surface area contributed by atoms with Crippen LogP contribution >= 0.6 is 11.3 Å². The van der Waals surface area contributed by atoms with Gasteiger partial charge in [0, 0.05) is 31.3 Å². The highest BCUT2D eigenvalue weighted by Crippen LogP contribution is 2.23. The second-order valence-electron chi connectivity index (χ2n) is 3.39. The van der Waals surface area contributed by atoms with Crippen LogP contribution in [-0.2, 0) is 4.74 Å². The van der Waals surface area contributed by atoms with Gasteiger partial charge in [-0.15, -0.1) is 11.3 Å². The highest BCUT2D eigenvalue weighted by atomic mass is 32.1. The molecule has 1 rings (SSSR count). The molecule has 0 aliphatic carbocycles. The van der Waals surface area contributed by atoms with E-state index >= 15 is 0 Å². The van der Waals surface area contributed by atoms with Gasteiger partial charge in [-0.2, -0.15) is 0 Å². The largest absolute Gasteiger partial charge is 0.477 e. The first kappa shape index (κ1) is 12.0. The first-order chi connectivity index (χ1) is 7.06. The summed E-state index contributed by atoms with van der Waals surface area (Å²) in [6.45, 7) is 2.65. The van der Waals surface area contributed by atoms with Crippen molar-refractivity contribution < 1.29 is 14.6 Å². The number of anilines is 1. The molecule has 0 saturated carbocycles. The van der Waals surface area contributed by atoms with Gasteiger partial charge in [0.1, 0.15) is 4.88 Å². The van der Waals surface area contributed by atoms with Gasteiger partial charge in [-0.1, -0.05) is 0 Å². The molecule has 0 aliphatic heterocycles. The van der Waals surface area contributed by atoms with Gasteiger partial charge in [-0.05, 0) is 13.0 Å². The summed E-state index contributed by atoms with van der Waals surface area (Å²) in [5.74, 6) is -0.876. The first-order valence-electron chi connectivity index (χ1n) is 4.60. The molecule has 0 spiro atoms. The van der Waals surface area contributed by atoms with Gasteiger partial charge in [-0.25, -0.2) is 4.79 Å². The number of thiophene rings is 1. The summed E-state index contributed by atoms with van der Waals surface area (Å²) in [5, 5.41) is 10.6. The molecule has 1 atom stereocenters. The molecule has 5 heteroatoms. The maximum atomic E-state index is 10.7. The molecule has 1 aromatic rings. The van der Waals surface area contributed by atoms with Crippen LogP contribution in [0.25, 0.3) is 0 Å². The number of hydrogen-bond donors (Lipinski definition) is 1. The minimum atomic E-state index is -0.876. The topological polar surface area (TPSA) is 49.8 Å². The highest BCUT2D eigenvalue weighted by molar-refractivity contribution is 7.12. The van der Waals surface area contributed by atoms with E-state index in [0.29, 0.717) is 11.5 Å². The summed E-state index contributed by atoms with van der Waals surface area (Å²) in [6.07, 6.45) is 0. The van der Waals surface area contributed by atoms with Gasteiger partial charge in [0.2, 0.25) is 0 Å². The number of aromatic carboxylic acids is 1. The minimum absolute atomic E-state index is 0.228. The van der Waals surface area contributed by atoms with E-state index in [-0.39, 0.29) is 6.04 Å². The Morgan fingerprint density at radius 3 is 2.87 bits per heavy atom. The van der Waals surface area contributed by atoms with Crippen LogP contribution in [0.2, 0.25) is 0 Å². The number of rotatable bonds is 5. The summed E-state index contributed by atoms with van der Waals surface area (Å²) in [5.41, 5.74) is 0.918. The SMILES string of the molecule is COCC(C)N(C)c1csc(C(=O)O)c1. The zero-order chi connectivity index (χ0) is 11.4. The Hall–Kier alpha value is -1.07. The number of methoxy groups -OCH3 is 1. The van der Waals surface area contributed by atoms with Crippen molar-refractivity contribution in [2.45, 2.75) is 13.0 Å². The lowest BCUT2D eigenvalue weighted by molar-refractivity contribution is 0.0702. The third-order valence-corrected chi connectivity index (χ3v) is 3.18. The Morgan fingerprint density at radius 2 is 2.40 bits per heavy atom. The lowest BCUT2D eigenvalue weighted by atomic mass is 10.3. The van der Waals surface area contributed by atoms with Crippen molar-refractivity contribution in [2.75, 3.05) is 25.7 Å². The summed E-state index contributed by atoms with van der Waals surface area (Å²) in [7, 11) is 3.58. The van der Waals surface area contributed by atoms with E-state index < -0.39 is 5.97 Å². The third kappa shape index (κ3) is 2.94. The predicted octanol–water partition coefficient (Wildman–Crippen LogP) is 1.92. The van der Waals surface area contributed by atoms with Gasteiger partial charge in [-0.3, -0.25) is 0 Å². The second kappa shape index (κ2) is 5.14. The van der Waals surface area contributed by atoms with E-state index in [0.717, 1.165) is 5.69 Å². The lowest BCUT2D eigenvalue weighted by Gasteiger charge is -2.24. The highest BCUT2D eigenvalue weighted by Gasteiger charge is 2.13. The number of hydrogen-bond acceptors (Lipinski definition) is 4. The molecule has 0 aromatic carbocycles.